The fraction of sp³-hybridized carbons (Fsp3) is 0.333. The van der Waals surface area contributed by atoms with E-state index in [-0.39, 0.29) is 13.2 Å². The normalized spacial score (nSPS) is 9.94. The second kappa shape index (κ2) is 7.13. The molecular formula is C12H15BrN2O3. The third-order valence-electron chi connectivity index (χ3n) is 2.36. The van der Waals surface area contributed by atoms with Crippen molar-refractivity contribution in [3.63, 3.8) is 0 Å². The highest BCUT2D eigenvalue weighted by Gasteiger charge is 2.20. The SMILES string of the molecule is CCN(CCO)C(=O)C(=O)Nc1ccccc1Br. The minimum atomic E-state index is -0.711. The predicted octanol–water partition coefficient (Wildman–Crippen LogP) is 1.23. The molecule has 98 valence electrons. The van der Waals surface area contributed by atoms with Crippen molar-refractivity contribution in [1.82, 2.24) is 4.90 Å². The third-order valence-corrected chi connectivity index (χ3v) is 3.05. The van der Waals surface area contributed by atoms with Crippen molar-refractivity contribution in [3.8, 4) is 0 Å². The van der Waals surface area contributed by atoms with E-state index in [1.807, 2.05) is 6.07 Å². The zero-order valence-electron chi connectivity index (χ0n) is 10.0. The highest BCUT2D eigenvalue weighted by atomic mass is 79.9. The third kappa shape index (κ3) is 3.82. The molecule has 0 bridgehead atoms. The molecule has 5 nitrogen and oxygen atoms in total. The lowest BCUT2D eigenvalue weighted by molar-refractivity contribution is -0.143. The highest BCUT2D eigenvalue weighted by molar-refractivity contribution is 9.10. The van der Waals surface area contributed by atoms with Crippen LogP contribution in [0.3, 0.4) is 0 Å². The van der Waals surface area contributed by atoms with Gasteiger partial charge in [-0.15, -0.1) is 0 Å². The predicted molar refractivity (Wildman–Crippen MR) is 72.1 cm³/mol. The molecule has 0 atom stereocenters. The topological polar surface area (TPSA) is 69.6 Å². The summed E-state index contributed by atoms with van der Waals surface area (Å²) >= 11 is 3.28. The number of nitrogens with one attached hydrogen (secondary N) is 1. The van der Waals surface area contributed by atoms with Gasteiger partial charge in [0.1, 0.15) is 0 Å². The van der Waals surface area contributed by atoms with Crippen molar-refractivity contribution < 1.29 is 14.7 Å². The number of likely N-dealkylation sites (N-methyl/N-ethyl adjacent to an activating group) is 1. The molecule has 1 aromatic rings. The van der Waals surface area contributed by atoms with Crippen molar-refractivity contribution in [2.24, 2.45) is 0 Å². The highest BCUT2D eigenvalue weighted by Crippen LogP contribution is 2.21. The number of carbonyl (C=O) groups excluding carboxylic acids is 2. The van der Waals surface area contributed by atoms with Gasteiger partial charge < -0.3 is 15.3 Å². The number of rotatable bonds is 4. The summed E-state index contributed by atoms with van der Waals surface area (Å²) in [4.78, 5) is 24.8. The fourth-order valence-corrected chi connectivity index (χ4v) is 1.79. The number of hydrogen-bond donors (Lipinski definition) is 2. The largest absolute Gasteiger partial charge is 0.395 e. The van der Waals surface area contributed by atoms with Gasteiger partial charge in [0, 0.05) is 17.6 Å². The van der Waals surface area contributed by atoms with E-state index in [1.165, 1.54) is 4.90 Å². The second-order valence-electron chi connectivity index (χ2n) is 3.54. The zero-order chi connectivity index (χ0) is 13.5. The van der Waals surface area contributed by atoms with Gasteiger partial charge in [0.2, 0.25) is 0 Å². The lowest BCUT2D eigenvalue weighted by Crippen LogP contribution is -2.41. The Kier molecular flexibility index (Phi) is 5.80. The van der Waals surface area contributed by atoms with Gasteiger partial charge in [-0.05, 0) is 35.0 Å². The number of benzene rings is 1. The number of halogens is 1. The van der Waals surface area contributed by atoms with Gasteiger partial charge in [0.05, 0.1) is 12.3 Å². The van der Waals surface area contributed by atoms with Crippen LogP contribution in [-0.4, -0.2) is 41.5 Å². The number of anilines is 1. The molecule has 0 aliphatic heterocycles. The Morgan fingerprint density at radius 3 is 2.61 bits per heavy atom. The Morgan fingerprint density at radius 2 is 2.06 bits per heavy atom. The minimum absolute atomic E-state index is 0.152. The maximum absolute atomic E-state index is 11.8. The molecule has 0 aromatic heterocycles. The van der Waals surface area contributed by atoms with E-state index < -0.39 is 11.8 Å². The fourth-order valence-electron chi connectivity index (χ4n) is 1.41. The quantitative estimate of drug-likeness (QED) is 0.821. The monoisotopic (exact) mass is 314 g/mol. The minimum Gasteiger partial charge on any atom is -0.395 e. The second-order valence-corrected chi connectivity index (χ2v) is 4.40. The summed E-state index contributed by atoms with van der Waals surface area (Å²) in [6.45, 7) is 2.11. The molecule has 1 aromatic carbocycles. The van der Waals surface area contributed by atoms with E-state index in [0.717, 1.165) is 0 Å². The zero-order valence-corrected chi connectivity index (χ0v) is 11.6. The van der Waals surface area contributed by atoms with E-state index in [0.29, 0.717) is 16.7 Å². The molecule has 0 fully saturated rings. The number of para-hydroxylation sites is 1. The summed E-state index contributed by atoms with van der Waals surface area (Å²) in [6.07, 6.45) is 0. The summed E-state index contributed by atoms with van der Waals surface area (Å²) in [5.41, 5.74) is 0.538. The first-order valence-corrected chi connectivity index (χ1v) is 6.35. The van der Waals surface area contributed by atoms with Crippen LogP contribution in [0.4, 0.5) is 5.69 Å². The molecule has 1 rings (SSSR count). The molecule has 0 heterocycles. The van der Waals surface area contributed by atoms with Crippen LogP contribution in [0.5, 0.6) is 0 Å². The van der Waals surface area contributed by atoms with E-state index in [4.69, 9.17) is 5.11 Å². The van der Waals surface area contributed by atoms with Gasteiger partial charge in [-0.1, -0.05) is 12.1 Å². The number of carbonyl (C=O) groups is 2. The van der Waals surface area contributed by atoms with Crippen molar-refractivity contribution in [2.75, 3.05) is 25.0 Å². The van der Waals surface area contributed by atoms with E-state index in [9.17, 15) is 9.59 Å². The number of nitrogens with zero attached hydrogens (tertiary/aromatic N) is 1. The van der Waals surface area contributed by atoms with Gasteiger partial charge >= 0.3 is 11.8 Å². The Bertz CT molecular complexity index is 437. The number of aliphatic hydroxyl groups excluding tert-OH is 1. The van der Waals surface area contributed by atoms with Crippen LogP contribution in [0.15, 0.2) is 28.7 Å². The van der Waals surface area contributed by atoms with Gasteiger partial charge in [-0.3, -0.25) is 9.59 Å². The Balaban J connectivity index is 2.71. The first kappa shape index (κ1) is 14.7. The van der Waals surface area contributed by atoms with Crippen LogP contribution >= 0.6 is 15.9 Å². The van der Waals surface area contributed by atoms with Crippen LogP contribution in [0.1, 0.15) is 6.92 Å². The molecule has 0 aliphatic rings. The van der Waals surface area contributed by atoms with Gasteiger partial charge in [0.25, 0.3) is 0 Å². The summed E-state index contributed by atoms with van der Waals surface area (Å²) < 4.78 is 0.705. The average Bonchev–Trinajstić information content (AvgIpc) is 2.37. The molecule has 0 unspecified atom stereocenters. The van der Waals surface area contributed by atoms with Crippen molar-refractivity contribution >= 4 is 33.4 Å². The number of amides is 2. The molecule has 2 N–H and O–H groups in total. The summed E-state index contributed by atoms with van der Waals surface area (Å²) in [7, 11) is 0. The van der Waals surface area contributed by atoms with E-state index in [1.54, 1.807) is 25.1 Å². The van der Waals surface area contributed by atoms with Gasteiger partial charge in [-0.25, -0.2) is 0 Å². The molecule has 6 heteroatoms. The standard InChI is InChI=1S/C12H15BrN2O3/c1-2-15(7-8-16)12(18)11(17)14-10-6-4-3-5-9(10)13/h3-6,16H,2,7-8H2,1H3,(H,14,17). The summed E-state index contributed by atoms with van der Waals surface area (Å²) in [5, 5.41) is 11.3. The molecule has 0 radical (unpaired) electrons. The average molecular weight is 315 g/mol. The van der Waals surface area contributed by atoms with Crippen molar-refractivity contribution in [3.05, 3.63) is 28.7 Å². The van der Waals surface area contributed by atoms with Crippen LogP contribution in [0, 0.1) is 0 Å². The van der Waals surface area contributed by atoms with Crippen molar-refractivity contribution in [1.29, 1.82) is 0 Å². The first-order chi connectivity index (χ1) is 8.60. The van der Waals surface area contributed by atoms with Gasteiger partial charge in [-0.2, -0.15) is 0 Å². The Labute approximate surface area is 114 Å². The molecule has 0 aliphatic carbocycles. The van der Waals surface area contributed by atoms with E-state index >= 15 is 0 Å². The molecule has 18 heavy (non-hydrogen) atoms. The van der Waals surface area contributed by atoms with Crippen LogP contribution in [0.2, 0.25) is 0 Å². The number of hydrogen-bond acceptors (Lipinski definition) is 3. The molecule has 0 spiro atoms. The Morgan fingerprint density at radius 1 is 1.39 bits per heavy atom. The lowest BCUT2D eigenvalue weighted by Gasteiger charge is -2.18. The summed E-state index contributed by atoms with van der Waals surface area (Å²) in [6, 6.07) is 7.03. The van der Waals surface area contributed by atoms with Gasteiger partial charge in [0.15, 0.2) is 0 Å². The molecule has 2 amide bonds. The Hall–Kier alpha value is -1.40. The molecule has 0 saturated carbocycles. The maximum Gasteiger partial charge on any atom is 0.313 e. The molecule has 0 saturated heterocycles. The lowest BCUT2D eigenvalue weighted by atomic mass is 10.3. The summed E-state index contributed by atoms with van der Waals surface area (Å²) in [5.74, 6) is -1.36. The van der Waals surface area contributed by atoms with Crippen LogP contribution < -0.4 is 5.32 Å². The smallest absolute Gasteiger partial charge is 0.313 e. The van der Waals surface area contributed by atoms with Crippen LogP contribution in [0.25, 0.3) is 0 Å². The first-order valence-electron chi connectivity index (χ1n) is 5.55. The van der Waals surface area contributed by atoms with E-state index in [2.05, 4.69) is 21.2 Å². The maximum atomic E-state index is 11.8. The van der Waals surface area contributed by atoms with Crippen molar-refractivity contribution in [2.45, 2.75) is 6.92 Å². The number of aliphatic hydroxyl groups is 1. The van der Waals surface area contributed by atoms with Crippen LogP contribution in [-0.2, 0) is 9.59 Å². The molecular weight excluding hydrogens is 300 g/mol.